The minimum atomic E-state index is -0.258. The van der Waals surface area contributed by atoms with E-state index in [9.17, 15) is 14.4 Å². The SMILES string of the molecule is CC(=O)N1CCN(C(=O)c2ccc(C(=O)Nc3ccc(Cl)cc3)cc2)CC1. The van der Waals surface area contributed by atoms with Crippen molar-refractivity contribution in [1.29, 1.82) is 0 Å². The van der Waals surface area contributed by atoms with Crippen LogP contribution in [0, 0.1) is 0 Å². The molecule has 1 aliphatic heterocycles. The third-order valence-electron chi connectivity index (χ3n) is 4.51. The number of anilines is 1. The predicted molar refractivity (Wildman–Crippen MR) is 104 cm³/mol. The van der Waals surface area contributed by atoms with Crippen molar-refractivity contribution < 1.29 is 14.4 Å². The minimum absolute atomic E-state index is 0.0261. The highest BCUT2D eigenvalue weighted by Crippen LogP contribution is 2.15. The molecule has 3 amide bonds. The van der Waals surface area contributed by atoms with E-state index in [2.05, 4.69) is 5.32 Å². The van der Waals surface area contributed by atoms with E-state index in [1.54, 1.807) is 58.3 Å². The smallest absolute Gasteiger partial charge is 0.255 e. The fourth-order valence-corrected chi connectivity index (χ4v) is 3.03. The summed E-state index contributed by atoms with van der Waals surface area (Å²) in [7, 11) is 0. The molecule has 27 heavy (non-hydrogen) atoms. The molecule has 1 fully saturated rings. The van der Waals surface area contributed by atoms with Gasteiger partial charge in [0.25, 0.3) is 11.8 Å². The number of benzene rings is 2. The van der Waals surface area contributed by atoms with Crippen molar-refractivity contribution in [3.05, 3.63) is 64.7 Å². The summed E-state index contributed by atoms with van der Waals surface area (Å²) in [5, 5.41) is 3.38. The first-order valence-corrected chi connectivity index (χ1v) is 9.03. The Morgan fingerprint density at radius 3 is 1.89 bits per heavy atom. The van der Waals surface area contributed by atoms with Crippen molar-refractivity contribution in [3.8, 4) is 0 Å². The predicted octanol–water partition coefficient (Wildman–Crippen LogP) is 2.90. The molecule has 1 aliphatic rings. The number of nitrogens with one attached hydrogen (secondary N) is 1. The molecule has 3 rings (SSSR count). The summed E-state index contributed by atoms with van der Waals surface area (Å²) in [6, 6.07) is 13.4. The number of hydrogen-bond donors (Lipinski definition) is 1. The van der Waals surface area contributed by atoms with Gasteiger partial charge in [-0.15, -0.1) is 0 Å². The highest BCUT2D eigenvalue weighted by Gasteiger charge is 2.23. The monoisotopic (exact) mass is 385 g/mol. The number of nitrogens with zero attached hydrogens (tertiary/aromatic N) is 2. The average molecular weight is 386 g/mol. The number of halogens is 1. The maximum atomic E-state index is 12.6. The van der Waals surface area contributed by atoms with Crippen LogP contribution in [-0.2, 0) is 4.79 Å². The van der Waals surface area contributed by atoms with Crippen molar-refractivity contribution >= 4 is 35.0 Å². The molecular formula is C20H20ClN3O3. The van der Waals surface area contributed by atoms with Crippen LogP contribution in [0.2, 0.25) is 5.02 Å². The lowest BCUT2D eigenvalue weighted by molar-refractivity contribution is -0.130. The first kappa shape index (κ1) is 18.9. The van der Waals surface area contributed by atoms with Gasteiger partial charge in [-0.25, -0.2) is 0 Å². The number of piperazine rings is 1. The average Bonchev–Trinajstić information content (AvgIpc) is 2.69. The maximum Gasteiger partial charge on any atom is 0.255 e. The van der Waals surface area contributed by atoms with Crippen molar-refractivity contribution in [2.75, 3.05) is 31.5 Å². The Labute approximate surface area is 162 Å². The molecule has 0 aliphatic carbocycles. The Bertz CT molecular complexity index is 842. The Balaban J connectivity index is 1.61. The molecular weight excluding hydrogens is 366 g/mol. The Morgan fingerprint density at radius 1 is 0.815 bits per heavy atom. The number of carbonyl (C=O) groups is 3. The zero-order valence-corrected chi connectivity index (χ0v) is 15.7. The van der Waals surface area contributed by atoms with Crippen LogP contribution < -0.4 is 5.32 Å². The summed E-state index contributed by atoms with van der Waals surface area (Å²) < 4.78 is 0. The van der Waals surface area contributed by atoms with Gasteiger partial charge < -0.3 is 15.1 Å². The van der Waals surface area contributed by atoms with Crippen LogP contribution in [0.1, 0.15) is 27.6 Å². The molecule has 0 aromatic heterocycles. The quantitative estimate of drug-likeness (QED) is 0.883. The molecule has 1 N–H and O–H groups in total. The molecule has 0 saturated carbocycles. The molecule has 0 spiro atoms. The second-order valence-electron chi connectivity index (χ2n) is 6.34. The zero-order chi connectivity index (χ0) is 19.4. The Kier molecular flexibility index (Phi) is 5.76. The first-order chi connectivity index (χ1) is 12.9. The van der Waals surface area contributed by atoms with Gasteiger partial charge in [-0.3, -0.25) is 14.4 Å². The van der Waals surface area contributed by atoms with Gasteiger partial charge in [0.1, 0.15) is 0 Å². The molecule has 0 bridgehead atoms. The molecule has 2 aromatic carbocycles. The number of amides is 3. The summed E-state index contributed by atoms with van der Waals surface area (Å²) in [6.45, 7) is 3.64. The second-order valence-corrected chi connectivity index (χ2v) is 6.77. The van der Waals surface area contributed by atoms with Gasteiger partial charge in [-0.1, -0.05) is 11.6 Å². The summed E-state index contributed by atoms with van der Waals surface area (Å²) in [6.07, 6.45) is 0. The first-order valence-electron chi connectivity index (χ1n) is 8.66. The fraction of sp³-hybridized carbons (Fsp3) is 0.250. The third kappa shape index (κ3) is 4.65. The van der Waals surface area contributed by atoms with E-state index in [4.69, 9.17) is 11.6 Å². The molecule has 2 aromatic rings. The lowest BCUT2D eigenvalue weighted by atomic mass is 10.1. The van der Waals surface area contributed by atoms with Gasteiger partial charge >= 0.3 is 0 Å². The van der Waals surface area contributed by atoms with Crippen LogP contribution in [0.5, 0.6) is 0 Å². The molecule has 6 nitrogen and oxygen atoms in total. The standard InChI is InChI=1S/C20H20ClN3O3/c1-14(25)23-10-12-24(13-11-23)20(27)16-4-2-15(3-5-16)19(26)22-18-8-6-17(21)7-9-18/h2-9H,10-13H2,1H3,(H,22,26). The van der Waals surface area contributed by atoms with Crippen LogP contribution in [0.25, 0.3) is 0 Å². The zero-order valence-electron chi connectivity index (χ0n) is 14.9. The Morgan fingerprint density at radius 2 is 1.33 bits per heavy atom. The Hall–Kier alpha value is -2.86. The molecule has 140 valence electrons. The van der Waals surface area contributed by atoms with Crippen LogP contribution in [0.4, 0.5) is 5.69 Å². The molecule has 1 heterocycles. The number of carbonyl (C=O) groups excluding carboxylic acids is 3. The highest BCUT2D eigenvalue weighted by molar-refractivity contribution is 6.30. The topological polar surface area (TPSA) is 69.7 Å². The summed E-state index contributed by atoms with van der Waals surface area (Å²) in [5.41, 5.74) is 1.63. The van der Waals surface area contributed by atoms with Crippen LogP contribution in [-0.4, -0.2) is 53.7 Å². The van der Waals surface area contributed by atoms with E-state index >= 15 is 0 Å². The van der Waals surface area contributed by atoms with Crippen LogP contribution in [0.3, 0.4) is 0 Å². The van der Waals surface area contributed by atoms with Gasteiger partial charge in [0, 0.05) is 54.9 Å². The van der Waals surface area contributed by atoms with Gasteiger partial charge in [0.2, 0.25) is 5.91 Å². The number of rotatable bonds is 3. The van der Waals surface area contributed by atoms with Crippen LogP contribution in [0.15, 0.2) is 48.5 Å². The molecule has 7 heteroatoms. The minimum Gasteiger partial charge on any atom is -0.339 e. The van der Waals surface area contributed by atoms with E-state index in [1.165, 1.54) is 6.92 Å². The van der Waals surface area contributed by atoms with Gasteiger partial charge in [-0.2, -0.15) is 0 Å². The third-order valence-corrected chi connectivity index (χ3v) is 4.76. The van der Waals surface area contributed by atoms with Crippen molar-refractivity contribution in [2.24, 2.45) is 0 Å². The van der Waals surface area contributed by atoms with Gasteiger partial charge in [-0.05, 0) is 48.5 Å². The van der Waals surface area contributed by atoms with Gasteiger partial charge in [0.15, 0.2) is 0 Å². The van der Waals surface area contributed by atoms with E-state index < -0.39 is 0 Å². The molecule has 0 atom stereocenters. The molecule has 0 unspecified atom stereocenters. The summed E-state index contributed by atoms with van der Waals surface area (Å²) >= 11 is 5.83. The fourth-order valence-electron chi connectivity index (χ4n) is 2.91. The summed E-state index contributed by atoms with van der Waals surface area (Å²) in [4.78, 5) is 39.7. The largest absolute Gasteiger partial charge is 0.339 e. The van der Waals surface area contributed by atoms with E-state index in [-0.39, 0.29) is 17.7 Å². The van der Waals surface area contributed by atoms with Crippen molar-refractivity contribution in [3.63, 3.8) is 0 Å². The maximum absolute atomic E-state index is 12.6. The second kappa shape index (κ2) is 8.22. The van der Waals surface area contributed by atoms with E-state index in [1.807, 2.05) is 0 Å². The van der Waals surface area contributed by atoms with Gasteiger partial charge in [0.05, 0.1) is 0 Å². The van der Waals surface area contributed by atoms with Crippen LogP contribution >= 0.6 is 11.6 Å². The van der Waals surface area contributed by atoms with Crippen molar-refractivity contribution in [2.45, 2.75) is 6.92 Å². The lowest BCUT2D eigenvalue weighted by Gasteiger charge is -2.34. The normalized spacial score (nSPS) is 14.0. The summed E-state index contributed by atoms with van der Waals surface area (Å²) in [5.74, 6) is -0.326. The highest BCUT2D eigenvalue weighted by atomic mass is 35.5. The number of hydrogen-bond acceptors (Lipinski definition) is 3. The van der Waals surface area contributed by atoms with E-state index in [0.717, 1.165) is 0 Å². The molecule has 0 radical (unpaired) electrons. The molecule has 1 saturated heterocycles. The van der Waals surface area contributed by atoms with Crippen molar-refractivity contribution in [1.82, 2.24) is 9.80 Å². The van der Waals surface area contributed by atoms with E-state index in [0.29, 0.717) is 48.0 Å². The lowest BCUT2D eigenvalue weighted by Crippen LogP contribution is -2.50.